The molecule has 0 spiro atoms. The molecule has 0 aromatic heterocycles. The molecule has 7 nitrogen and oxygen atoms in total. The number of carbonyl (C=O) groups excluding carboxylic acids is 1. The molecule has 0 heterocycles. The number of allylic oxidation sites excluding steroid dienone is 2. The third kappa shape index (κ3) is 5.14. The van der Waals surface area contributed by atoms with E-state index in [0.29, 0.717) is 53.3 Å². The van der Waals surface area contributed by atoms with E-state index in [2.05, 4.69) is 6.92 Å². The molecule has 7 heteroatoms. The first-order chi connectivity index (χ1) is 16.4. The van der Waals surface area contributed by atoms with Gasteiger partial charge in [-0.15, -0.1) is 0 Å². The monoisotopic (exact) mass is 468 g/mol. The van der Waals surface area contributed by atoms with Crippen molar-refractivity contribution in [2.75, 3.05) is 42.7 Å². The molecule has 0 saturated heterocycles. The molecule has 1 aliphatic carbocycles. The Hall–Kier alpha value is -3.61. The summed E-state index contributed by atoms with van der Waals surface area (Å²) in [7, 11) is 9.40. The fraction of sp³-hybridized carbons (Fsp3) is 0.370. The first-order valence-electron chi connectivity index (χ1n) is 10.9. The number of benzene rings is 2. The standard InChI is InChI=1S/C27H32O7/c1-16-8-19(10-17-12-21(29-2)26(33-6)22(13-17)30-3)25(28)20(9-16)11-18-14-23(31-4)27(34-7)24(15-18)32-5/h10-16H,8-9H2,1-7H3/b19-10-,20-11+. The number of carbonyl (C=O) groups is 1. The van der Waals surface area contributed by atoms with E-state index >= 15 is 0 Å². The molecule has 1 atom stereocenters. The van der Waals surface area contributed by atoms with Gasteiger partial charge in [-0.2, -0.15) is 0 Å². The van der Waals surface area contributed by atoms with Crippen molar-refractivity contribution in [2.24, 2.45) is 5.92 Å². The van der Waals surface area contributed by atoms with Crippen molar-refractivity contribution in [3.63, 3.8) is 0 Å². The molecule has 34 heavy (non-hydrogen) atoms. The van der Waals surface area contributed by atoms with Gasteiger partial charge in [-0.05, 0) is 66.3 Å². The summed E-state index contributed by atoms with van der Waals surface area (Å²) in [4.78, 5) is 13.4. The summed E-state index contributed by atoms with van der Waals surface area (Å²) >= 11 is 0. The van der Waals surface area contributed by atoms with E-state index in [-0.39, 0.29) is 5.78 Å². The van der Waals surface area contributed by atoms with Gasteiger partial charge in [0.15, 0.2) is 28.8 Å². The first-order valence-corrected chi connectivity index (χ1v) is 10.9. The normalized spacial score (nSPS) is 18.1. The van der Waals surface area contributed by atoms with Crippen LogP contribution in [-0.4, -0.2) is 48.4 Å². The number of hydrogen-bond acceptors (Lipinski definition) is 7. The highest BCUT2D eigenvalue weighted by Crippen LogP contribution is 2.41. The Balaban J connectivity index is 2.03. The van der Waals surface area contributed by atoms with Gasteiger partial charge in [-0.3, -0.25) is 4.79 Å². The maximum atomic E-state index is 13.4. The van der Waals surface area contributed by atoms with Gasteiger partial charge in [-0.25, -0.2) is 0 Å². The van der Waals surface area contributed by atoms with Gasteiger partial charge in [0, 0.05) is 11.1 Å². The van der Waals surface area contributed by atoms with E-state index in [1.807, 2.05) is 36.4 Å². The SMILES string of the molecule is COc1cc(/C=C2/CC(C)C/C(=C\c3cc(OC)c(OC)c(OC)c3)C2=O)cc(OC)c1OC. The summed E-state index contributed by atoms with van der Waals surface area (Å²) < 4.78 is 32.6. The summed E-state index contributed by atoms with van der Waals surface area (Å²) in [6.07, 6.45) is 5.15. The van der Waals surface area contributed by atoms with Crippen LogP contribution >= 0.6 is 0 Å². The van der Waals surface area contributed by atoms with Crippen LogP contribution < -0.4 is 28.4 Å². The molecule has 0 amide bonds. The Kier molecular flexibility index (Phi) is 8.10. The molecule has 0 N–H and O–H groups in total. The Morgan fingerprint density at radius 3 is 1.21 bits per heavy atom. The summed E-state index contributed by atoms with van der Waals surface area (Å²) in [5, 5.41) is 0. The summed E-state index contributed by atoms with van der Waals surface area (Å²) in [5.41, 5.74) is 3.07. The maximum absolute atomic E-state index is 13.4. The van der Waals surface area contributed by atoms with Gasteiger partial charge in [-0.1, -0.05) is 6.92 Å². The second-order valence-corrected chi connectivity index (χ2v) is 8.10. The van der Waals surface area contributed by atoms with Crippen molar-refractivity contribution in [1.29, 1.82) is 0 Å². The molecular formula is C27H32O7. The lowest BCUT2D eigenvalue weighted by atomic mass is 9.80. The number of ether oxygens (including phenoxy) is 6. The number of Topliss-reactive ketones (excluding diaryl/α,β-unsaturated/α-hetero) is 1. The van der Waals surface area contributed by atoms with Crippen molar-refractivity contribution in [1.82, 2.24) is 0 Å². The molecule has 1 fully saturated rings. The van der Waals surface area contributed by atoms with Crippen molar-refractivity contribution in [2.45, 2.75) is 19.8 Å². The third-order valence-electron chi connectivity index (χ3n) is 5.78. The quantitative estimate of drug-likeness (QED) is 0.493. The molecular weight excluding hydrogens is 436 g/mol. The number of methoxy groups -OCH3 is 6. The largest absolute Gasteiger partial charge is 0.493 e. The average molecular weight is 469 g/mol. The van der Waals surface area contributed by atoms with Gasteiger partial charge in [0.2, 0.25) is 11.5 Å². The second kappa shape index (κ2) is 11.0. The Labute approximate surface area is 200 Å². The topological polar surface area (TPSA) is 72.5 Å². The van der Waals surface area contributed by atoms with Gasteiger partial charge in [0.1, 0.15) is 0 Å². The van der Waals surface area contributed by atoms with Crippen LogP contribution in [-0.2, 0) is 4.79 Å². The smallest absolute Gasteiger partial charge is 0.203 e. The Morgan fingerprint density at radius 1 is 0.618 bits per heavy atom. The minimum Gasteiger partial charge on any atom is -0.493 e. The molecule has 1 saturated carbocycles. The molecule has 3 rings (SSSR count). The van der Waals surface area contributed by atoms with E-state index < -0.39 is 0 Å². The van der Waals surface area contributed by atoms with Gasteiger partial charge in [0.25, 0.3) is 0 Å². The highest BCUT2D eigenvalue weighted by atomic mass is 16.5. The summed E-state index contributed by atoms with van der Waals surface area (Å²) in [6.45, 7) is 2.14. The molecule has 2 aromatic carbocycles. The Morgan fingerprint density at radius 2 is 0.941 bits per heavy atom. The van der Waals surface area contributed by atoms with Crippen LogP contribution in [0.25, 0.3) is 12.2 Å². The van der Waals surface area contributed by atoms with Crippen LogP contribution in [0.5, 0.6) is 34.5 Å². The maximum Gasteiger partial charge on any atom is 0.203 e. The highest BCUT2D eigenvalue weighted by molar-refractivity contribution is 6.14. The van der Waals surface area contributed by atoms with E-state index in [4.69, 9.17) is 28.4 Å². The zero-order chi connectivity index (χ0) is 24.8. The first kappa shape index (κ1) is 25.0. The lowest BCUT2D eigenvalue weighted by Gasteiger charge is -2.23. The van der Waals surface area contributed by atoms with Crippen molar-refractivity contribution >= 4 is 17.9 Å². The summed E-state index contributed by atoms with van der Waals surface area (Å²) in [6, 6.07) is 7.35. The zero-order valence-electron chi connectivity index (χ0n) is 20.8. The number of ketones is 1. The number of rotatable bonds is 8. The zero-order valence-corrected chi connectivity index (χ0v) is 20.8. The van der Waals surface area contributed by atoms with Crippen LogP contribution in [0.15, 0.2) is 35.4 Å². The molecule has 0 aliphatic heterocycles. The van der Waals surface area contributed by atoms with Gasteiger partial charge >= 0.3 is 0 Å². The fourth-order valence-corrected chi connectivity index (χ4v) is 4.24. The van der Waals surface area contributed by atoms with Crippen molar-refractivity contribution in [3.8, 4) is 34.5 Å². The molecule has 0 radical (unpaired) electrons. The lowest BCUT2D eigenvalue weighted by Crippen LogP contribution is -2.18. The third-order valence-corrected chi connectivity index (χ3v) is 5.78. The molecule has 0 bridgehead atoms. The minimum absolute atomic E-state index is 0.0144. The summed E-state index contributed by atoms with van der Waals surface area (Å²) in [5.74, 6) is 3.50. The van der Waals surface area contributed by atoms with Crippen molar-refractivity contribution in [3.05, 3.63) is 46.5 Å². The predicted octanol–water partition coefficient (Wildman–Crippen LogP) is 5.20. The lowest BCUT2D eigenvalue weighted by molar-refractivity contribution is -0.113. The van der Waals surface area contributed by atoms with Gasteiger partial charge in [0.05, 0.1) is 42.7 Å². The fourth-order valence-electron chi connectivity index (χ4n) is 4.24. The predicted molar refractivity (Wildman–Crippen MR) is 132 cm³/mol. The van der Waals surface area contributed by atoms with E-state index in [9.17, 15) is 4.79 Å². The van der Waals surface area contributed by atoms with E-state index in [1.54, 1.807) is 42.7 Å². The van der Waals surface area contributed by atoms with E-state index in [0.717, 1.165) is 22.3 Å². The molecule has 182 valence electrons. The average Bonchev–Trinajstić information content (AvgIpc) is 2.85. The van der Waals surface area contributed by atoms with Crippen LogP contribution in [0.3, 0.4) is 0 Å². The van der Waals surface area contributed by atoms with Crippen LogP contribution in [0.1, 0.15) is 30.9 Å². The number of hydrogen-bond donors (Lipinski definition) is 0. The molecule has 1 aliphatic rings. The highest BCUT2D eigenvalue weighted by Gasteiger charge is 2.26. The van der Waals surface area contributed by atoms with Gasteiger partial charge < -0.3 is 28.4 Å². The van der Waals surface area contributed by atoms with Crippen LogP contribution in [0.4, 0.5) is 0 Å². The van der Waals surface area contributed by atoms with Crippen LogP contribution in [0.2, 0.25) is 0 Å². The second-order valence-electron chi connectivity index (χ2n) is 8.10. The minimum atomic E-state index is 0.0144. The van der Waals surface area contributed by atoms with Crippen molar-refractivity contribution < 1.29 is 33.2 Å². The molecule has 1 unspecified atom stereocenters. The van der Waals surface area contributed by atoms with E-state index in [1.165, 1.54) is 0 Å². The molecule has 2 aromatic rings. The Bertz CT molecular complexity index is 978. The van der Waals surface area contributed by atoms with Crippen LogP contribution in [0, 0.1) is 5.92 Å².